The second-order valence-electron chi connectivity index (χ2n) is 5.06. The fourth-order valence-electron chi connectivity index (χ4n) is 2.10. The summed E-state index contributed by atoms with van der Waals surface area (Å²) in [5, 5.41) is 12.3. The van der Waals surface area contributed by atoms with Crippen LogP contribution in [0.15, 0.2) is 23.4 Å². The van der Waals surface area contributed by atoms with E-state index in [0.29, 0.717) is 10.6 Å². The zero-order valence-electron chi connectivity index (χ0n) is 11.1. The third kappa shape index (κ3) is 3.85. The van der Waals surface area contributed by atoms with Crippen molar-refractivity contribution in [3.63, 3.8) is 0 Å². The van der Waals surface area contributed by atoms with E-state index in [1.54, 1.807) is 6.07 Å². The van der Waals surface area contributed by atoms with Gasteiger partial charge >= 0.3 is 0 Å². The van der Waals surface area contributed by atoms with E-state index in [-0.39, 0.29) is 5.84 Å². The minimum absolute atomic E-state index is 0.0822. The molecule has 2 rings (SSSR count). The number of nitrogens with two attached hydrogens (primary N) is 1. The van der Waals surface area contributed by atoms with Crippen LogP contribution in [0.1, 0.15) is 30.9 Å². The van der Waals surface area contributed by atoms with Crippen LogP contribution in [0.4, 0.5) is 0 Å². The highest BCUT2D eigenvalue weighted by atomic mass is 35.5. The molecule has 0 unspecified atom stereocenters. The van der Waals surface area contributed by atoms with Crippen LogP contribution in [0.25, 0.3) is 0 Å². The molecule has 5 heteroatoms. The smallest absolute Gasteiger partial charge is 0.170 e. The first-order valence-corrected chi connectivity index (χ1v) is 7.00. The van der Waals surface area contributed by atoms with Crippen molar-refractivity contribution in [2.45, 2.75) is 26.3 Å². The molecular weight excluding hydrogens is 262 g/mol. The van der Waals surface area contributed by atoms with Gasteiger partial charge in [0, 0.05) is 23.7 Å². The Morgan fingerprint density at radius 1 is 1.53 bits per heavy atom. The quantitative estimate of drug-likeness (QED) is 0.365. The van der Waals surface area contributed by atoms with Crippen LogP contribution in [0.5, 0.6) is 0 Å². The topological polar surface area (TPSA) is 61.8 Å². The molecule has 19 heavy (non-hydrogen) atoms. The van der Waals surface area contributed by atoms with Crippen molar-refractivity contribution >= 4 is 17.4 Å². The molecular formula is C14H20ClN3O. The Morgan fingerprint density at radius 2 is 2.26 bits per heavy atom. The molecule has 1 aromatic rings. The van der Waals surface area contributed by atoms with Crippen molar-refractivity contribution in [3.05, 3.63) is 34.3 Å². The lowest BCUT2D eigenvalue weighted by Crippen LogP contribution is -2.25. The van der Waals surface area contributed by atoms with Gasteiger partial charge in [0.25, 0.3) is 0 Å². The number of hydrogen-bond acceptors (Lipinski definition) is 3. The van der Waals surface area contributed by atoms with Gasteiger partial charge in [0.2, 0.25) is 0 Å². The number of amidine groups is 1. The van der Waals surface area contributed by atoms with Crippen LogP contribution in [0.3, 0.4) is 0 Å². The largest absolute Gasteiger partial charge is 0.409 e. The van der Waals surface area contributed by atoms with Gasteiger partial charge in [-0.2, -0.15) is 0 Å². The Hall–Kier alpha value is -1.26. The van der Waals surface area contributed by atoms with Crippen molar-refractivity contribution < 1.29 is 5.21 Å². The number of halogens is 1. The van der Waals surface area contributed by atoms with Crippen LogP contribution >= 0.6 is 11.6 Å². The van der Waals surface area contributed by atoms with Gasteiger partial charge in [-0.05, 0) is 36.9 Å². The highest BCUT2D eigenvalue weighted by Gasteiger charge is 2.23. The van der Waals surface area contributed by atoms with Crippen molar-refractivity contribution in [1.82, 2.24) is 4.90 Å². The highest BCUT2D eigenvalue weighted by molar-refractivity contribution is 6.31. The van der Waals surface area contributed by atoms with E-state index in [9.17, 15) is 0 Å². The second kappa shape index (κ2) is 6.26. The molecule has 1 aromatic carbocycles. The highest BCUT2D eigenvalue weighted by Crippen LogP contribution is 2.30. The monoisotopic (exact) mass is 281 g/mol. The van der Waals surface area contributed by atoms with Crippen LogP contribution in [-0.2, 0) is 6.54 Å². The number of oxime groups is 1. The first-order chi connectivity index (χ1) is 9.13. The first kappa shape index (κ1) is 14.2. The Balaban J connectivity index is 2.06. The van der Waals surface area contributed by atoms with Gasteiger partial charge < -0.3 is 10.9 Å². The molecule has 0 spiro atoms. The summed E-state index contributed by atoms with van der Waals surface area (Å²) in [7, 11) is 0. The van der Waals surface area contributed by atoms with E-state index in [0.717, 1.165) is 31.1 Å². The summed E-state index contributed by atoms with van der Waals surface area (Å²) < 4.78 is 0. The molecule has 1 aliphatic carbocycles. The van der Waals surface area contributed by atoms with Crippen LogP contribution < -0.4 is 5.73 Å². The lowest BCUT2D eigenvalue weighted by Gasteiger charge is -2.21. The predicted octanol–water partition coefficient (Wildman–Crippen LogP) is 2.67. The molecule has 1 fully saturated rings. The van der Waals surface area contributed by atoms with Crippen LogP contribution in [0.2, 0.25) is 5.02 Å². The van der Waals surface area contributed by atoms with E-state index in [2.05, 4.69) is 17.0 Å². The van der Waals surface area contributed by atoms with Crippen LogP contribution in [-0.4, -0.2) is 29.0 Å². The third-order valence-electron chi connectivity index (χ3n) is 3.51. The summed E-state index contributed by atoms with van der Waals surface area (Å²) in [6.45, 7) is 5.19. The van der Waals surface area contributed by atoms with E-state index < -0.39 is 0 Å². The van der Waals surface area contributed by atoms with Gasteiger partial charge in [0.15, 0.2) is 5.84 Å². The molecule has 4 nitrogen and oxygen atoms in total. The molecule has 0 aromatic heterocycles. The summed E-state index contributed by atoms with van der Waals surface area (Å²) in [4.78, 5) is 2.40. The molecule has 0 bridgehead atoms. The fraction of sp³-hybridized carbons (Fsp3) is 0.500. The molecule has 1 aliphatic rings. The maximum atomic E-state index is 8.65. The van der Waals surface area contributed by atoms with Gasteiger partial charge in [0.05, 0.1) is 0 Å². The van der Waals surface area contributed by atoms with E-state index in [1.807, 2.05) is 12.1 Å². The Bertz CT molecular complexity index is 472. The number of hydrogen-bond donors (Lipinski definition) is 2. The average molecular weight is 282 g/mol. The zero-order valence-corrected chi connectivity index (χ0v) is 11.9. The average Bonchev–Trinajstić information content (AvgIpc) is 3.23. The van der Waals surface area contributed by atoms with Crippen LogP contribution in [0, 0.1) is 5.92 Å². The Labute approximate surface area is 118 Å². The Morgan fingerprint density at radius 3 is 2.79 bits per heavy atom. The molecule has 0 aliphatic heterocycles. The number of nitrogens with zero attached hydrogens (tertiary/aromatic N) is 2. The van der Waals surface area contributed by atoms with E-state index in [4.69, 9.17) is 22.5 Å². The molecule has 0 saturated heterocycles. The summed E-state index contributed by atoms with van der Waals surface area (Å²) in [5.74, 6) is 0.953. The van der Waals surface area contributed by atoms with E-state index in [1.165, 1.54) is 12.8 Å². The number of rotatable bonds is 6. The Kier molecular flexibility index (Phi) is 4.66. The van der Waals surface area contributed by atoms with Gasteiger partial charge in [0.1, 0.15) is 0 Å². The van der Waals surface area contributed by atoms with Crippen molar-refractivity contribution in [1.29, 1.82) is 0 Å². The molecule has 0 amide bonds. The van der Waals surface area contributed by atoms with Gasteiger partial charge in [-0.3, -0.25) is 4.90 Å². The molecule has 3 N–H and O–H groups in total. The normalized spacial score (nSPS) is 16.1. The molecule has 0 heterocycles. The van der Waals surface area contributed by atoms with E-state index >= 15 is 0 Å². The second-order valence-corrected chi connectivity index (χ2v) is 5.47. The summed E-state index contributed by atoms with van der Waals surface area (Å²) in [6.07, 6.45) is 2.71. The third-order valence-corrected chi connectivity index (χ3v) is 3.86. The summed E-state index contributed by atoms with van der Waals surface area (Å²) >= 11 is 6.26. The number of benzene rings is 1. The molecule has 0 radical (unpaired) electrons. The van der Waals surface area contributed by atoms with Crippen molar-refractivity contribution in [2.24, 2.45) is 16.8 Å². The van der Waals surface area contributed by atoms with Gasteiger partial charge in [-0.15, -0.1) is 0 Å². The maximum Gasteiger partial charge on any atom is 0.170 e. The fourth-order valence-corrected chi connectivity index (χ4v) is 2.34. The minimum atomic E-state index is 0.0822. The summed E-state index contributed by atoms with van der Waals surface area (Å²) in [5.41, 5.74) is 7.27. The standard InChI is InChI=1S/C14H20ClN3O/c1-2-18(8-10-3-4-10)9-12-6-5-11(7-13(12)15)14(16)17-19/h5-7,10,19H,2-4,8-9H2,1H3,(H2,16,17). The van der Waals surface area contributed by atoms with Crippen molar-refractivity contribution in [2.75, 3.05) is 13.1 Å². The minimum Gasteiger partial charge on any atom is -0.409 e. The first-order valence-electron chi connectivity index (χ1n) is 6.62. The zero-order chi connectivity index (χ0) is 13.8. The lowest BCUT2D eigenvalue weighted by atomic mass is 10.1. The summed E-state index contributed by atoms with van der Waals surface area (Å²) in [6, 6.07) is 5.53. The van der Waals surface area contributed by atoms with Gasteiger partial charge in [-0.1, -0.05) is 35.8 Å². The predicted molar refractivity (Wildman–Crippen MR) is 77.6 cm³/mol. The maximum absolute atomic E-state index is 8.65. The SMILES string of the molecule is CCN(Cc1ccc(/C(N)=N/O)cc1Cl)CC1CC1. The van der Waals surface area contributed by atoms with Gasteiger partial charge in [-0.25, -0.2) is 0 Å². The molecule has 1 saturated carbocycles. The molecule has 104 valence electrons. The molecule has 0 atom stereocenters. The van der Waals surface area contributed by atoms with Crippen molar-refractivity contribution in [3.8, 4) is 0 Å². The lowest BCUT2D eigenvalue weighted by molar-refractivity contribution is 0.268.